The molecule has 3 N–H and O–H groups in total. The topological polar surface area (TPSA) is 58.6 Å². The number of hydrogen-bond acceptors (Lipinski definition) is 2. The highest BCUT2D eigenvalue weighted by molar-refractivity contribution is 5.99. The van der Waals surface area contributed by atoms with Crippen molar-refractivity contribution in [2.75, 3.05) is 0 Å². The predicted molar refractivity (Wildman–Crippen MR) is 49.0 cm³/mol. The molecular formula is C9H12N2O. The zero-order valence-corrected chi connectivity index (χ0v) is 6.99. The molecular weight excluding hydrogens is 152 g/mol. The number of rotatable bonds is 1. The van der Waals surface area contributed by atoms with Gasteiger partial charge < -0.3 is 10.9 Å². The Bertz CT molecular complexity index is 285. The van der Waals surface area contributed by atoms with E-state index >= 15 is 0 Å². The van der Waals surface area contributed by atoms with Crippen LogP contribution < -0.4 is 5.73 Å². The molecule has 3 heteroatoms. The first-order valence-corrected chi connectivity index (χ1v) is 3.76. The summed E-state index contributed by atoms with van der Waals surface area (Å²) in [5.41, 5.74) is 7.42. The molecule has 0 aromatic carbocycles. The van der Waals surface area contributed by atoms with Crippen LogP contribution in [0.2, 0.25) is 0 Å². The zero-order chi connectivity index (χ0) is 8.97. The molecule has 0 heterocycles. The fourth-order valence-corrected chi connectivity index (χ4v) is 0.956. The summed E-state index contributed by atoms with van der Waals surface area (Å²) in [6.07, 6.45) is 8.56. The van der Waals surface area contributed by atoms with Gasteiger partial charge in [0.1, 0.15) is 0 Å². The first-order chi connectivity index (χ1) is 5.74. The monoisotopic (exact) mass is 164 g/mol. The van der Waals surface area contributed by atoms with Crippen molar-refractivity contribution in [3.05, 3.63) is 35.5 Å². The van der Waals surface area contributed by atoms with E-state index in [1.54, 1.807) is 0 Å². The Morgan fingerprint density at radius 3 is 3.00 bits per heavy atom. The van der Waals surface area contributed by atoms with Gasteiger partial charge in [-0.2, -0.15) is 0 Å². The van der Waals surface area contributed by atoms with Crippen LogP contribution in [0.25, 0.3) is 0 Å². The SMILES string of the molecule is CC1=CC=C(C(N)=NO)C=CC1. The molecule has 64 valence electrons. The summed E-state index contributed by atoms with van der Waals surface area (Å²) in [4.78, 5) is 0. The number of hydrogen-bond donors (Lipinski definition) is 2. The minimum Gasteiger partial charge on any atom is -0.409 e. The van der Waals surface area contributed by atoms with E-state index in [-0.39, 0.29) is 5.84 Å². The van der Waals surface area contributed by atoms with Gasteiger partial charge in [-0.3, -0.25) is 0 Å². The van der Waals surface area contributed by atoms with Gasteiger partial charge in [0.25, 0.3) is 0 Å². The van der Waals surface area contributed by atoms with Crippen LogP contribution in [0.15, 0.2) is 40.6 Å². The molecule has 0 radical (unpaired) electrons. The average molecular weight is 164 g/mol. The second-order valence-electron chi connectivity index (χ2n) is 2.73. The summed E-state index contributed by atoms with van der Waals surface area (Å²) in [6, 6.07) is 0. The smallest absolute Gasteiger partial charge is 0.170 e. The van der Waals surface area contributed by atoms with E-state index in [0.29, 0.717) is 0 Å². The minimum atomic E-state index is 0.150. The molecule has 0 amide bonds. The Labute approximate surface area is 71.6 Å². The maximum atomic E-state index is 8.41. The van der Waals surface area contributed by atoms with E-state index in [0.717, 1.165) is 12.0 Å². The van der Waals surface area contributed by atoms with Gasteiger partial charge in [-0.15, -0.1) is 0 Å². The summed E-state index contributed by atoms with van der Waals surface area (Å²) in [6.45, 7) is 2.04. The quantitative estimate of drug-likeness (QED) is 0.267. The number of allylic oxidation sites excluding steroid dienone is 4. The van der Waals surface area contributed by atoms with Crippen LogP contribution in [0.3, 0.4) is 0 Å². The Morgan fingerprint density at radius 1 is 1.58 bits per heavy atom. The Morgan fingerprint density at radius 2 is 2.33 bits per heavy atom. The molecule has 0 saturated heterocycles. The van der Waals surface area contributed by atoms with Gasteiger partial charge >= 0.3 is 0 Å². The number of oxime groups is 1. The second-order valence-corrected chi connectivity index (χ2v) is 2.73. The van der Waals surface area contributed by atoms with Crippen LogP contribution in [0.5, 0.6) is 0 Å². The van der Waals surface area contributed by atoms with Crippen molar-refractivity contribution in [2.45, 2.75) is 13.3 Å². The van der Waals surface area contributed by atoms with Crippen LogP contribution in [0.4, 0.5) is 0 Å². The van der Waals surface area contributed by atoms with Crippen LogP contribution in [-0.2, 0) is 0 Å². The first-order valence-electron chi connectivity index (χ1n) is 3.76. The van der Waals surface area contributed by atoms with Gasteiger partial charge in [0.05, 0.1) is 0 Å². The lowest BCUT2D eigenvalue weighted by Gasteiger charge is -1.94. The molecule has 0 fully saturated rings. The van der Waals surface area contributed by atoms with Gasteiger partial charge in [-0.1, -0.05) is 35.0 Å². The first kappa shape index (κ1) is 8.59. The lowest BCUT2D eigenvalue weighted by atomic mass is 10.2. The summed E-state index contributed by atoms with van der Waals surface area (Å²) >= 11 is 0. The van der Waals surface area contributed by atoms with Gasteiger partial charge in [-0.05, 0) is 13.3 Å². The highest BCUT2D eigenvalue weighted by atomic mass is 16.4. The molecule has 3 nitrogen and oxygen atoms in total. The fraction of sp³-hybridized carbons (Fsp3) is 0.222. The fourth-order valence-electron chi connectivity index (χ4n) is 0.956. The van der Waals surface area contributed by atoms with Gasteiger partial charge in [-0.25, -0.2) is 0 Å². The molecule has 0 spiro atoms. The molecule has 0 aliphatic heterocycles. The highest BCUT2D eigenvalue weighted by Gasteiger charge is 1.99. The Balaban J connectivity index is 2.92. The van der Waals surface area contributed by atoms with E-state index < -0.39 is 0 Å². The van der Waals surface area contributed by atoms with Crippen molar-refractivity contribution in [1.29, 1.82) is 0 Å². The van der Waals surface area contributed by atoms with Crippen molar-refractivity contribution in [3.8, 4) is 0 Å². The lowest BCUT2D eigenvalue weighted by Crippen LogP contribution is -2.13. The minimum absolute atomic E-state index is 0.150. The largest absolute Gasteiger partial charge is 0.409 e. The van der Waals surface area contributed by atoms with Crippen LogP contribution in [0, 0.1) is 0 Å². The number of nitrogens with two attached hydrogens (primary N) is 1. The van der Waals surface area contributed by atoms with Gasteiger partial charge in [0.2, 0.25) is 0 Å². The highest BCUT2D eigenvalue weighted by Crippen LogP contribution is 2.10. The third kappa shape index (κ3) is 1.99. The molecule has 0 aromatic rings. The molecule has 1 aliphatic carbocycles. The van der Waals surface area contributed by atoms with Crippen LogP contribution >= 0.6 is 0 Å². The molecule has 1 aliphatic rings. The van der Waals surface area contributed by atoms with Crippen molar-refractivity contribution >= 4 is 5.84 Å². The van der Waals surface area contributed by atoms with Crippen molar-refractivity contribution < 1.29 is 5.21 Å². The second kappa shape index (κ2) is 3.76. The standard InChI is InChI=1S/C9H12N2O/c1-7-3-2-4-8(6-5-7)9(10)11-12/h2,4-6,12H,3H2,1H3,(H2,10,11). The van der Waals surface area contributed by atoms with E-state index in [1.165, 1.54) is 5.57 Å². The van der Waals surface area contributed by atoms with Gasteiger partial charge in [0.15, 0.2) is 5.84 Å². The van der Waals surface area contributed by atoms with E-state index in [9.17, 15) is 0 Å². The van der Waals surface area contributed by atoms with Crippen molar-refractivity contribution in [2.24, 2.45) is 10.9 Å². The molecule has 0 atom stereocenters. The molecule has 0 unspecified atom stereocenters. The maximum absolute atomic E-state index is 8.41. The zero-order valence-electron chi connectivity index (χ0n) is 6.99. The summed E-state index contributed by atoms with van der Waals surface area (Å²) in [5.74, 6) is 0.150. The molecule has 0 saturated carbocycles. The molecule has 1 rings (SSSR count). The summed E-state index contributed by atoms with van der Waals surface area (Å²) in [7, 11) is 0. The van der Waals surface area contributed by atoms with Gasteiger partial charge in [0, 0.05) is 5.57 Å². The van der Waals surface area contributed by atoms with Crippen LogP contribution in [0.1, 0.15) is 13.3 Å². The Hall–Kier alpha value is -1.51. The van der Waals surface area contributed by atoms with E-state index in [1.807, 2.05) is 31.2 Å². The predicted octanol–water partition coefficient (Wildman–Crippen LogP) is 1.57. The molecule has 0 aromatic heterocycles. The van der Waals surface area contributed by atoms with E-state index in [2.05, 4.69) is 5.16 Å². The third-order valence-electron chi connectivity index (χ3n) is 1.69. The van der Waals surface area contributed by atoms with Crippen LogP contribution in [-0.4, -0.2) is 11.0 Å². The third-order valence-corrected chi connectivity index (χ3v) is 1.69. The average Bonchev–Trinajstić information content (AvgIpc) is 2.29. The summed E-state index contributed by atoms with van der Waals surface area (Å²) < 4.78 is 0. The number of nitrogens with zero attached hydrogens (tertiary/aromatic N) is 1. The van der Waals surface area contributed by atoms with Crippen molar-refractivity contribution in [1.82, 2.24) is 0 Å². The lowest BCUT2D eigenvalue weighted by molar-refractivity contribution is 0.318. The normalized spacial score (nSPS) is 18.2. The molecule has 12 heavy (non-hydrogen) atoms. The van der Waals surface area contributed by atoms with E-state index in [4.69, 9.17) is 10.9 Å². The Kier molecular flexibility index (Phi) is 2.69. The number of amidine groups is 1. The summed E-state index contributed by atoms with van der Waals surface area (Å²) in [5, 5.41) is 11.3. The maximum Gasteiger partial charge on any atom is 0.170 e. The molecule has 0 bridgehead atoms. The van der Waals surface area contributed by atoms with Crippen molar-refractivity contribution in [3.63, 3.8) is 0 Å².